The zero-order valence-corrected chi connectivity index (χ0v) is 21.1. The number of hydrogen-bond acceptors (Lipinski definition) is 7. The Hall–Kier alpha value is -3.51. The Morgan fingerprint density at radius 1 is 1.14 bits per heavy atom. The number of carbonyl (C=O) groups excluding carboxylic acids is 2. The lowest BCUT2D eigenvalue weighted by Gasteiger charge is -2.35. The number of aromatic nitrogens is 1. The van der Waals surface area contributed by atoms with Crippen molar-refractivity contribution in [2.45, 2.75) is 37.1 Å². The summed E-state index contributed by atoms with van der Waals surface area (Å²) >= 11 is 5.91. The molecule has 3 fully saturated rings. The predicted octanol–water partition coefficient (Wildman–Crippen LogP) is 4.28. The number of anilines is 1. The highest BCUT2D eigenvalue weighted by Gasteiger charge is 2.77. The molecule has 1 aromatic heterocycles. The van der Waals surface area contributed by atoms with Gasteiger partial charge in [0.2, 0.25) is 17.7 Å². The molecular weight excluding hydrogens is 494 g/mol. The van der Waals surface area contributed by atoms with Crippen molar-refractivity contribution in [3.8, 4) is 11.9 Å². The molecule has 4 heterocycles. The number of nitrogens with zero attached hydrogens (tertiary/aromatic N) is 3. The quantitative estimate of drug-likeness (QED) is 0.450. The molecule has 2 amide bonds. The summed E-state index contributed by atoms with van der Waals surface area (Å²) in [5, 5.41) is 11.4. The van der Waals surface area contributed by atoms with Crippen LogP contribution < -0.4 is 9.64 Å². The van der Waals surface area contributed by atoms with Crippen molar-refractivity contribution in [3.63, 3.8) is 0 Å². The van der Waals surface area contributed by atoms with Gasteiger partial charge in [0.05, 0.1) is 52.5 Å². The smallest absolute Gasteiger partial charge is 0.240 e. The maximum Gasteiger partial charge on any atom is 0.240 e. The van der Waals surface area contributed by atoms with Crippen molar-refractivity contribution < 1.29 is 23.8 Å². The number of rotatable bonds is 6. The summed E-state index contributed by atoms with van der Waals surface area (Å²) < 4.78 is 18.2. The molecule has 2 aromatic carbocycles. The molecule has 0 unspecified atom stereocenters. The number of fused-ring (bicyclic) bond motifs is 6. The lowest BCUT2D eigenvalue weighted by atomic mass is 9.66. The van der Waals surface area contributed by atoms with Gasteiger partial charge in [-0.25, -0.2) is 9.88 Å². The Bertz CT molecular complexity index is 1470. The van der Waals surface area contributed by atoms with Crippen LogP contribution in [-0.4, -0.2) is 47.8 Å². The number of imide groups is 1. The molecule has 3 saturated heterocycles. The number of benzene rings is 2. The van der Waals surface area contributed by atoms with Gasteiger partial charge >= 0.3 is 0 Å². The molecule has 3 aromatic rings. The monoisotopic (exact) mass is 517 g/mol. The lowest BCUT2D eigenvalue weighted by Crippen LogP contribution is -2.50. The van der Waals surface area contributed by atoms with E-state index in [0.29, 0.717) is 45.8 Å². The Morgan fingerprint density at radius 2 is 1.89 bits per heavy atom. The summed E-state index contributed by atoms with van der Waals surface area (Å²) in [6.07, 6.45) is 2.01. The third kappa shape index (κ3) is 3.38. The zero-order chi connectivity index (χ0) is 25.9. The van der Waals surface area contributed by atoms with E-state index in [1.807, 2.05) is 31.2 Å². The van der Waals surface area contributed by atoms with Gasteiger partial charge in [-0.15, -0.1) is 0 Å². The van der Waals surface area contributed by atoms with Crippen molar-refractivity contribution in [1.29, 1.82) is 5.26 Å². The number of hydrogen-bond donors (Lipinski definition) is 0. The number of halogens is 1. The molecule has 0 saturated carbocycles. The zero-order valence-electron chi connectivity index (χ0n) is 20.3. The second kappa shape index (κ2) is 8.52. The molecular formula is C28H24ClN3O5. The summed E-state index contributed by atoms with van der Waals surface area (Å²) in [6, 6.07) is 16.2. The van der Waals surface area contributed by atoms with Crippen molar-refractivity contribution in [2.75, 3.05) is 18.6 Å². The third-order valence-corrected chi connectivity index (χ3v) is 8.33. The van der Waals surface area contributed by atoms with Gasteiger partial charge in [-0.05, 0) is 25.1 Å². The number of ether oxygens (including phenoxy) is 3. The predicted molar refractivity (Wildman–Crippen MR) is 135 cm³/mol. The summed E-state index contributed by atoms with van der Waals surface area (Å²) in [4.78, 5) is 33.5. The van der Waals surface area contributed by atoms with Crippen molar-refractivity contribution in [1.82, 2.24) is 4.98 Å². The van der Waals surface area contributed by atoms with Crippen molar-refractivity contribution in [2.24, 2.45) is 11.8 Å². The molecule has 0 aliphatic carbocycles. The van der Waals surface area contributed by atoms with Gasteiger partial charge in [-0.3, -0.25) is 9.59 Å². The molecule has 0 radical (unpaired) electrons. The molecule has 9 heteroatoms. The average Bonchev–Trinajstić information content (AvgIpc) is 3.46. The van der Waals surface area contributed by atoms with E-state index < -0.39 is 23.0 Å². The lowest BCUT2D eigenvalue weighted by molar-refractivity contribution is -0.135. The van der Waals surface area contributed by atoms with Gasteiger partial charge < -0.3 is 14.2 Å². The fraction of sp³-hybridized carbons (Fsp3) is 0.357. The summed E-state index contributed by atoms with van der Waals surface area (Å²) in [5.74, 6) is -1.56. The summed E-state index contributed by atoms with van der Waals surface area (Å²) in [7, 11) is 1.60. The fourth-order valence-corrected chi connectivity index (χ4v) is 6.62. The number of methoxy groups -OCH3 is 1. The minimum atomic E-state index is -0.957. The van der Waals surface area contributed by atoms with Crippen LogP contribution in [0.1, 0.15) is 25.3 Å². The molecule has 188 valence electrons. The van der Waals surface area contributed by atoms with Gasteiger partial charge in [0.15, 0.2) is 0 Å². The van der Waals surface area contributed by atoms with E-state index in [1.165, 1.54) is 11.1 Å². The first kappa shape index (κ1) is 23.9. The summed E-state index contributed by atoms with van der Waals surface area (Å²) in [5.41, 5.74) is -0.913. The Labute approximate surface area is 218 Å². The standard InChI is InChI=1S/C28H24ClN3O5/c1-27-21(35-2)13-28(37-27,11-12-36-22-10-8-17(29)15-31-22)24-23(27)25(33)32(26(24)34)20-9-7-16(14-30)18-5-3-4-6-19(18)20/h3-10,15,21,23-24H,11-13H2,1-2H3/t21-,23-,24+,27-,28+/m0/s1. The first-order chi connectivity index (χ1) is 17.8. The first-order valence-corrected chi connectivity index (χ1v) is 12.5. The van der Waals surface area contributed by atoms with Gasteiger partial charge in [0.1, 0.15) is 5.60 Å². The summed E-state index contributed by atoms with van der Waals surface area (Å²) in [6.45, 7) is 2.10. The van der Waals surface area contributed by atoms with Crippen LogP contribution in [0.25, 0.3) is 10.8 Å². The topological polar surface area (TPSA) is 102 Å². The first-order valence-electron chi connectivity index (χ1n) is 12.1. The fourth-order valence-electron chi connectivity index (χ4n) is 6.51. The Kier molecular flexibility index (Phi) is 5.50. The molecule has 2 bridgehead atoms. The third-order valence-electron chi connectivity index (χ3n) is 8.11. The number of amides is 2. The minimum absolute atomic E-state index is 0.242. The van der Waals surface area contributed by atoms with Gasteiger partial charge in [0, 0.05) is 43.0 Å². The van der Waals surface area contributed by atoms with E-state index in [-0.39, 0.29) is 24.5 Å². The van der Waals surface area contributed by atoms with Gasteiger partial charge in [0.25, 0.3) is 0 Å². The largest absolute Gasteiger partial charge is 0.478 e. The van der Waals surface area contributed by atoms with Crippen LogP contribution in [0.3, 0.4) is 0 Å². The van der Waals surface area contributed by atoms with Crippen LogP contribution in [0.5, 0.6) is 5.88 Å². The molecule has 5 atom stereocenters. The van der Waals surface area contributed by atoms with Gasteiger partial charge in [-0.1, -0.05) is 35.9 Å². The highest BCUT2D eigenvalue weighted by molar-refractivity contribution is 6.30. The van der Waals surface area contributed by atoms with Crippen molar-refractivity contribution in [3.05, 3.63) is 65.3 Å². The van der Waals surface area contributed by atoms with Crippen LogP contribution in [0.2, 0.25) is 5.02 Å². The van der Waals surface area contributed by atoms with E-state index in [1.54, 1.807) is 31.4 Å². The number of carbonyl (C=O) groups is 2. The van der Waals surface area contributed by atoms with E-state index in [4.69, 9.17) is 25.8 Å². The molecule has 0 spiro atoms. The minimum Gasteiger partial charge on any atom is -0.478 e. The molecule has 8 nitrogen and oxygen atoms in total. The van der Waals surface area contributed by atoms with Crippen LogP contribution in [0.15, 0.2) is 54.7 Å². The van der Waals surface area contributed by atoms with E-state index in [0.717, 1.165) is 0 Å². The normalized spacial score (nSPS) is 30.1. The van der Waals surface area contributed by atoms with Gasteiger partial charge in [-0.2, -0.15) is 5.26 Å². The number of nitriles is 1. The molecule has 6 rings (SSSR count). The SMILES string of the molecule is CO[C@H]1C[C@@]2(CCOc3ccc(Cl)cn3)O[C@]1(C)[C@@H]1C(=O)N(c3ccc(C#N)c4ccccc34)C(=O)[C@@H]12. The second-order valence-electron chi connectivity index (χ2n) is 9.95. The molecule has 37 heavy (non-hydrogen) atoms. The van der Waals surface area contributed by atoms with Crippen LogP contribution in [0.4, 0.5) is 5.69 Å². The Balaban J connectivity index is 1.37. The van der Waals surface area contributed by atoms with E-state index in [9.17, 15) is 14.9 Å². The number of pyridine rings is 1. The van der Waals surface area contributed by atoms with E-state index >= 15 is 0 Å². The highest BCUT2D eigenvalue weighted by Crippen LogP contribution is 2.63. The van der Waals surface area contributed by atoms with E-state index in [2.05, 4.69) is 11.1 Å². The Morgan fingerprint density at radius 3 is 2.59 bits per heavy atom. The van der Waals surface area contributed by atoms with Crippen molar-refractivity contribution >= 4 is 39.9 Å². The average molecular weight is 518 g/mol. The maximum atomic E-state index is 14.1. The van der Waals surface area contributed by atoms with Crippen LogP contribution in [0, 0.1) is 23.2 Å². The second-order valence-corrected chi connectivity index (χ2v) is 10.4. The van der Waals surface area contributed by atoms with Crippen LogP contribution in [-0.2, 0) is 19.1 Å². The molecule has 3 aliphatic rings. The maximum absolute atomic E-state index is 14.1. The molecule has 0 N–H and O–H groups in total. The molecule has 3 aliphatic heterocycles. The van der Waals surface area contributed by atoms with Crippen LogP contribution >= 0.6 is 11.6 Å². The highest BCUT2D eigenvalue weighted by atomic mass is 35.5.